The number of hydrogen-bond acceptors (Lipinski definition) is 4. The summed E-state index contributed by atoms with van der Waals surface area (Å²) in [6, 6.07) is 10.9. The molecule has 3 rings (SSSR count). The van der Waals surface area contributed by atoms with Crippen LogP contribution in [0.25, 0.3) is 16.9 Å². The van der Waals surface area contributed by atoms with Gasteiger partial charge in [0, 0.05) is 22.6 Å². The van der Waals surface area contributed by atoms with E-state index in [-0.39, 0.29) is 17.6 Å². The van der Waals surface area contributed by atoms with Crippen molar-refractivity contribution < 1.29 is 15.0 Å². The molecule has 146 valence electrons. The first-order chi connectivity index (χ1) is 13.1. The topological polar surface area (TPSA) is 88.2 Å². The molecule has 0 fully saturated rings. The van der Waals surface area contributed by atoms with Crippen molar-refractivity contribution in [1.29, 1.82) is 0 Å². The molecule has 7 heteroatoms. The molecule has 6 nitrogen and oxygen atoms in total. The van der Waals surface area contributed by atoms with Gasteiger partial charge in [-0.3, -0.25) is 4.79 Å². The molecule has 0 unspecified atom stereocenters. The quantitative estimate of drug-likeness (QED) is 0.654. The van der Waals surface area contributed by atoms with Crippen molar-refractivity contribution in [3.63, 3.8) is 0 Å². The van der Waals surface area contributed by atoms with Crippen molar-refractivity contribution in [1.82, 2.24) is 15.0 Å². The van der Waals surface area contributed by atoms with Crippen LogP contribution in [0.4, 0.5) is 0 Å². The molecule has 0 aliphatic rings. The molecule has 1 aromatic heterocycles. The van der Waals surface area contributed by atoms with Crippen LogP contribution in [0.5, 0.6) is 5.75 Å². The number of halogens is 1. The summed E-state index contributed by atoms with van der Waals surface area (Å²) in [6.45, 7) is 5.96. The largest absolute Gasteiger partial charge is 0.505 e. The van der Waals surface area contributed by atoms with Crippen LogP contribution in [0.3, 0.4) is 0 Å². The minimum absolute atomic E-state index is 0.00803. The van der Waals surface area contributed by atoms with Crippen molar-refractivity contribution in [2.45, 2.75) is 39.0 Å². The summed E-state index contributed by atoms with van der Waals surface area (Å²) in [5, 5.41) is 29.3. The summed E-state index contributed by atoms with van der Waals surface area (Å²) >= 11 is 6.05. The summed E-state index contributed by atoms with van der Waals surface area (Å²) in [6.07, 6.45) is 1.97. The predicted octanol–water partition coefficient (Wildman–Crippen LogP) is 4.61. The Morgan fingerprint density at radius 1 is 1.21 bits per heavy atom. The minimum atomic E-state index is -0.868. The molecule has 2 aromatic carbocycles. The van der Waals surface area contributed by atoms with Crippen LogP contribution in [-0.4, -0.2) is 31.2 Å². The Balaban J connectivity index is 2.07. The van der Waals surface area contributed by atoms with Crippen LogP contribution in [0.1, 0.15) is 38.3 Å². The molecule has 0 aliphatic carbocycles. The smallest absolute Gasteiger partial charge is 0.303 e. The second-order valence-corrected chi connectivity index (χ2v) is 8.12. The van der Waals surface area contributed by atoms with E-state index in [1.54, 1.807) is 24.4 Å². The number of phenolic OH excluding ortho intramolecular Hbond substituents is 1. The van der Waals surface area contributed by atoms with E-state index in [0.29, 0.717) is 28.4 Å². The number of carboxylic acid groups (broad SMARTS) is 1. The van der Waals surface area contributed by atoms with Crippen LogP contribution in [0, 0.1) is 0 Å². The lowest BCUT2D eigenvalue weighted by molar-refractivity contribution is -0.136. The molecule has 0 bridgehead atoms. The Labute approximate surface area is 168 Å². The maximum atomic E-state index is 11.0. The highest BCUT2D eigenvalue weighted by atomic mass is 35.5. The monoisotopic (exact) mass is 399 g/mol. The third kappa shape index (κ3) is 4.34. The number of carbonyl (C=O) groups is 1. The molecule has 2 N–H and O–H groups in total. The van der Waals surface area contributed by atoms with Gasteiger partial charge in [-0.1, -0.05) is 50.6 Å². The fourth-order valence-corrected chi connectivity index (χ4v) is 3.15. The van der Waals surface area contributed by atoms with E-state index in [1.807, 2.05) is 39.0 Å². The molecule has 0 aliphatic heterocycles. The summed E-state index contributed by atoms with van der Waals surface area (Å²) in [5.74, 6) is -0.785. The predicted molar refractivity (Wildman–Crippen MR) is 108 cm³/mol. The van der Waals surface area contributed by atoms with Crippen molar-refractivity contribution in [3.05, 3.63) is 58.7 Å². The molecule has 28 heavy (non-hydrogen) atoms. The third-order valence-corrected chi connectivity index (χ3v) is 4.65. The number of rotatable bonds is 5. The molecule has 0 spiro atoms. The first-order valence-electron chi connectivity index (χ1n) is 8.92. The van der Waals surface area contributed by atoms with Gasteiger partial charge in [0.2, 0.25) is 0 Å². The number of aliphatic carboxylic acids is 1. The van der Waals surface area contributed by atoms with Gasteiger partial charge in [-0.2, -0.15) is 5.10 Å². The van der Waals surface area contributed by atoms with Crippen molar-refractivity contribution >= 4 is 17.6 Å². The zero-order valence-electron chi connectivity index (χ0n) is 16.0. The first kappa shape index (κ1) is 19.9. The highest BCUT2D eigenvalue weighted by molar-refractivity contribution is 6.30. The van der Waals surface area contributed by atoms with Crippen LogP contribution in [0.15, 0.2) is 42.6 Å². The summed E-state index contributed by atoms with van der Waals surface area (Å²) < 4.78 is 0. The Morgan fingerprint density at radius 3 is 2.61 bits per heavy atom. The minimum Gasteiger partial charge on any atom is -0.505 e. The summed E-state index contributed by atoms with van der Waals surface area (Å²) in [4.78, 5) is 12.3. The molecule has 0 saturated carbocycles. The van der Waals surface area contributed by atoms with Gasteiger partial charge in [-0.25, -0.2) is 0 Å². The molecule has 3 aromatic rings. The van der Waals surface area contributed by atoms with Crippen molar-refractivity contribution in [2.75, 3.05) is 0 Å². The van der Waals surface area contributed by atoms with E-state index in [1.165, 1.54) is 4.80 Å². The van der Waals surface area contributed by atoms with Gasteiger partial charge in [0.05, 0.1) is 6.20 Å². The molecule has 0 radical (unpaired) electrons. The average Bonchev–Trinajstić information content (AvgIpc) is 3.09. The lowest BCUT2D eigenvalue weighted by Crippen LogP contribution is -2.14. The van der Waals surface area contributed by atoms with E-state index in [0.717, 1.165) is 11.1 Å². The van der Waals surface area contributed by atoms with E-state index in [4.69, 9.17) is 16.7 Å². The Morgan fingerprint density at radius 2 is 1.96 bits per heavy atom. The van der Waals surface area contributed by atoms with Gasteiger partial charge in [-0.05, 0) is 35.6 Å². The number of aryl methyl sites for hydroxylation is 1. The van der Waals surface area contributed by atoms with E-state index in [2.05, 4.69) is 10.2 Å². The number of carboxylic acids is 1. The molecule has 0 saturated heterocycles. The lowest BCUT2D eigenvalue weighted by Gasteiger charge is -2.23. The first-order valence-corrected chi connectivity index (χ1v) is 9.30. The summed E-state index contributed by atoms with van der Waals surface area (Å²) in [5.41, 5.74) is 3.04. The van der Waals surface area contributed by atoms with Gasteiger partial charge in [-0.15, -0.1) is 9.90 Å². The van der Waals surface area contributed by atoms with Crippen LogP contribution in [-0.2, 0) is 16.6 Å². The maximum absolute atomic E-state index is 11.0. The second-order valence-electron chi connectivity index (χ2n) is 7.68. The van der Waals surface area contributed by atoms with Crippen LogP contribution in [0.2, 0.25) is 5.02 Å². The van der Waals surface area contributed by atoms with Gasteiger partial charge in [0.1, 0.15) is 17.1 Å². The van der Waals surface area contributed by atoms with Gasteiger partial charge >= 0.3 is 5.97 Å². The fraction of sp³-hybridized carbons (Fsp3) is 0.286. The highest BCUT2D eigenvalue weighted by Gasteiger charge is 2.23. The van der Waals surface area contributed by atoms with Gasteiger partial charge in [0.25, 0.3) is 0 Å². The zero-order valence-corrected chi connectivity index (χ0v) is 16.7. The Hall–Kier alpha value is -2.86. The van der Waals surface area contributed by atoms with Crippen molar-refractivity contribution in [3.8, 4) is 22.7 Å². The molecule has 1 heterocycles. The number of benzene rings is 2. The Kier molecular flexibility index (Phi) is 5.42. The second kappa shape index (κ2) is 7.64. The zero-order chi connectivity index (χ0) is 20.5. The van der Waals surface area contributed by atoms with Gasteiger partial charge < -0.3 is 10.2 Å². The number of aromatic nitrogens is 3. The molecule has 0 atom stereocenters. The Bertz CT molecular complexity index is 1020. The molecular formula is C21H22ClN3O3. The number of hydrogen-bond donors (Lipinski definition) is 2. The van der Waals surface area contributed by atoms with Gasteiger partial charge in [0.15, 0.2) is 0 Å². The lowest BCUT2D eigenvalue weighted by atomic mass is 9.84. The molecule has 0 amide bonds. The number of aromatic hydroxyl groups is 1. The highest BCUT2D eigenvalue weighted by Crippen LogP contribution is 2.36. The van der Waals surface area contributed by atoms with E-state index in [9.17, 15) is 9.90 Å². The average molecular weight is 400 g/mol. The number of nitrogens with zero attached hydrogens (tertiary/aromatic N) is 3. The molecular weight excluding hydrogens is 378 g/mol. The summed E-state index contributed by atoms with van der Waals surface area (Å²) in [7, 11) is 0. The standard InChI is InChI=1S/C21H22ClN3O3/c1-21(2,3)16-9-13(7-8-19(26)27)10-18(20(16)28)25-23-12-17(24-25)14-5-4-6-15(22)11-14/h4-6,9-12,28H,7-8H2,1-3H3,(H,26,27). The maximum Gasteiger partial charge on any atom is 0.303 e. The fourth-order valence-electron chi connectivity index (χ4n) is 2.96. The third-order valence-electron chi connectivity index (χ3n) is 4.41. The number of phenols is 1. The normalized spacial score (nSPS) is 11.6. The van der Waals surface area contributed by atoms with Crippen molar-refractivity contribution in [2.24, 2.45) is 0 Å². The van der Waals surface area contributed by atoms with Crippen LogP contribution >= 0.6 is 11.6 Å². The van der Waals surface area contributed by atoms with E-state index < -0.39 is 5.97 Å². The SMILES string of the molecule is CC(C)(C)c1cc(CCC(=O)O)cc(-n2ncc(-c3cccc(Cl)c3)n2)c1O. The van der Waals surface area contributed by atoms with Crippen LogP contribution < -0.4 is 0 Å². The van der Waals surface area contributed by atoms with E-state index >= 15 is 0 Å².